The largest absolute Gasteiger partial charge is 0.361 e. The summed E-state index contributed by atoms with van der Waals surface area (Å²) < 4.78 is 5.08. The van der Waals surface area contributed by atoms with Crippen LogP contribution in [0.3, 0.4) is 0 Å². The van der Waals surface area contributed by atoms with Crippen molar-refractivity contribution in [3.8, 4) is 11.1 Å². The molecule has 0 bridgehead atoms. The van der Waals surface area contributed by atoms with E-state index in [-0.39, 0.29) is 12.3 Å². The molecule has 2 aromatic carbocycles. The molecule has 0 fully saturated rings. The summed E-state index contributed by atoms with van der Waals surface area (Å²) in [7, 11) is 0. The molecule has 4 nitrogen and oxygen atoms in total. The van der Waals surface area contributed by atoms with Crippen molar-refractivity contribution in [2.24, 2.45) is 0 Å². The molecule has 0 aliphatic heterocycles. The van der Waals surface area contributed by atoms with Gasteiger partial charge in [-0.15, -0.1) is 0 Å². The maximum absolute atomic E-state index is 12.2. The molecule has 116 valence electrons. The molecular weight excluding hydrogens is 288 g/mol. The molecule has 1 amide bonds. The molecular formula is C19H18N2O2. The Kier molecular flexibility index (Phi) is 4.24. The zero-order chi connectivity index (χ0) is 16.2. The van der Waals surface area contributed by atoms with Crippen molar-refractivity contribution in [3.63, 3.8) is 0 Å². The second kappa shape index (κ2) is 6.48. The molecule has 0 spiro atoms. The first-order chi connectivity index (χ1) is 11.1. The number of amides is 1. The Balaban J connectivity index is 1.68. The van der Waals surface area contributed by atoms with E-state index in [1.165, 1.54) is 0 Å². The third-order valence-corrected chi connectivity index (χ3v) is 3.79. The van der Waals surface area contributed by atoms with E-state index in [0.29, 0.717) is 5.76 Å². The normalized spacial score (nSPS) is 10.5. The summed E-state index contributed by atoms with van der Waals surface area (Å²) in [5.41, 5.74) is 4.66. The van der Waals surface area contributed by atoms with Gasteiger partial charge in [-0.1, -0.05) is 47.6 Å². The molecule has 3 rings (SSSR count). The van der Waals surface area contributed by atoms with Crippen LogP contribution in [0.25, 0.3) is 11.1 Å². The quantitative estimate of drug-likeness (QED) is 0.788. The van der Waals surface area contributed by atoms with Gasteiger partial charge in [-0.25, -0.2) is 0 Å². The second-order valence-electron chi connectivity index (χ2n) is 5.47. The monoisotopic (exact) mass is 306 g/mol. The number of nitrogens with one attached hydrogen (secondary N) is 1. The van der Waals surface area contributed by atoms with E-state index in [4.69, 9.17) is 4.52 Å². The number of hydrogen-bond donors (Lipinski definition) is 1. The summed E-state index contributed by atoms with van der Waals surface area (Å²) in [6.07, 6.45) is 0.265. The van der Waals surface area contributed by atoms with Gasteiger partial charge in [-0.3, -0.25) is 4.79 Å². The van der Waals surface area contributed by atoms with Gasteiger partial charge in [0.2, 0.25) is 5.91 Å². The number of carbonyl (C=O) groups is 1. The van der Waals surface area contributed by atoms with Crippen molar-refractivity contribution in [2.45, 2.75) is 20.3 Å². The Morgan fingerprint density at radius 2 is 1.65 bits per heavy atom. The predicted molar refractivity (Wildman–Crippen MR) is 90.2 cm³/mol. The third-order valence-electron chi connectivity index (χ3n) is 3.79. The van der Waals surface area contributed by atoms with Crippen LogP contribution in [0.5, 0.6) is 0 Å². The lowest BCUT2D eigenvalue weighted by Gasteiger charge is -2.07. The lowest BCUT2D eigenvalue weighted by Crippen LogP contribution is -2.15. The molecule has 0 saturated heterocycles. The van der Waals surface area contributed by atoms with E-state index >= 15 is 0 Å². The average Bonchev–Trinajstić information content (AvgIpc) is 2.88. The predicted octanol–water partition coefficient (Wildman–Crippen LogP) is 4.14. The van der Waals surface area contributed by atoms with Gasteiger partial charge in [0.1, 0.15) is 5.76 Å². The van der Waals surface area contributed by atoms with Crippen LogP contribution in [0, 0.1) is 13.8 Å². The Morgan fingerprint density at radius 1 is 1.00 bits per heavy atom. The van der Waals surface area contributed by atoms with Gasteiger partial charge in [0.05, 0.1) is 12.1 Å². The zero-order valence-corrected chi connectivity index (χ0v) is 13.2. The van der Waals surface area contributed by atoms with Crippen LogP contribution in [0.15, 0.2) is 59.1 Å². The third kappa shape index (κ3) is 3.48. The molecule has 0 unspecified atom stereocenters. The highest BCUT2D eigenvalue weighted by atomic mass is 16.5. The molecule has 4 heteroatoms. The molecule has 23 heavy (non-hydrogen) atoms. The van der Waals surface area contributed by atoms with Crippen LogP contribution in [0.2, 0.25) is 0 Å². The summed E-state index contributed by atoms with van der Waals surface area (Å²) in [5.74, 6) is 0.615. The molecule has 0 aliphatic carbocycles. The number of hydrogen-bond acceptors (Lipinski definition) is 3. The highest BCUT2D eigenvalue weighted by Gasteiger charge is 2.13. The topological polar surface area (TPSA) is 55.1 Å². The summed E-state index contributed by atoms with van der Waals surface area (Å²) in [4.78, 5) is 12.2. The van der Waals surface area contributed by atoms with E-state index in [1.54, 1.807) is 0 Å². The number of anilines is 1. The Labute approximate surface area is 135 Å². The first-order valence-electron chi connectivity index (χ1n) is 7.50. The second-order valence-corrected chi connectivity index (χ2v) is 5.47. The Bertz CT molecular complexity index is 786. The molecule has 3 aromatic rings. The van der Waals surface area contributed by atoms with Crippen LogP contribution < -0.4 is 5.32 Å². The molecule has 0 aliphatic rings. The fourth-order valence-electron chi connectivity index (χ4n) is 2.50. The minimum absolute atomic E-state index is 0.0770. The van der Waals surface area contributed by atoms with E-state index in [2.05, 4.69) is 22.6 Å². The summed E-state index contributed by atoms with van der Waals surface area (Å²) in [6.45, 7) is 3.66. The van der Waals surface area contributed by atoms with Crippen molar-refractivity contribution in [3.05, 3.63) is 71.6 Å². The number of aryl methyl sites for hydroxylation is 2. The lowest BCUT2D eigenvalue weighted by molar-refractivity contribution is -0.115. The molecule has 0 radical (unpaired) electrons. The van der Waals surface area contributed by atoms with Crippen molar-refractivity contribution in [2.75, 3.05) is 5.32 Å². The standard InChI is InChI=1S/C19H18N2O2/c1-13-18(14(2)23-21-13)12-19(22)20-17-10-8-16(9-11-17)15-6-4-3-5-7-15/h3-11H,12H2,1-2H3,(H,20,22). The molecule has 0 saturated carbocycles. The van der Waals surface area contributed by atoms with Gasteiger partial charge < -0.3 is 9.84 Å². The first-order valence-corrected chi connectivity index (χ1v) is 7.50. The SMILES string of the molecule is Cc1noc(C)c1CC(=O)Nc1ccc(-c2ccccc2)cc1. The van der Waals surface area contributed by atoms with Crippen molar-refractivity contribution >= 4 is 11.6 Å². The van der Waals surface area contributed by atoms with Gasteiger partial charge in [0, 0.05) is 11.3 Å². The van der Waals surface area contributed by atoms with Crippen molar-refractivity contribution in [1.82, 2.24) is 5.16 Å². The maximum atomic E-state index is 12.2. The number of benzene rings is 2. The van der Waals surface area contributed by atoms with Crippen LogP contribution in [0.1, 0.15) is 17.0 Å². The van der Waals surface area contributed by atoms with E-state index in [9.17, 15) is 4.79 Å². The Morgan fingerprint density at radius 3 is 2.26 bits per heavy atom. The van der Waals surface area contributed by atoms with Gasteiger partial charge in [0.25, 0.3) is 0 Å². The maximum Gasteiger partial charge on any atom is 0.228 e. The van der Waals surface area contributed by atoms with Gasteiger partial charge in [-0.05, 0) is 37.1 Å². The van der Waals surface area contributed by atoms with Gasteiger partial charge in [-0.2, -0.15) is 0 Å². The van der Waals surface area contributed by atoms with Crippen LogP contribution in [-0.4, -0.2) is 11.1 Å². The minimum atomic E-state index is -0.0770. The molecule has 1 N–H and O–H groups in total. The van der Waals surface area contributed by atoms with Gasteiger partial charge in [0.15, 0.2) is 0 Å². The highest BCUT2D eigenvalue weighted by Crippen LogP contribution is 2.21. The number of rotatable bonds is 4. The summed E-state index contributed by atoms with van der Waals surface area (Å²) >= 11 is 0. The highest BCUT2D eigenvalue weighted by molar-refractivity contribution is 5.92. The smallest absolute Gasteiger partial charge is 0.228 e. The fourth-order valence-corrected chi connectivity index (χ4v) is 2.50. The first kappa shape index (κ1) is 15.0. The lowest BCUT2D eigenvalue weighted by atomic mass is 10.1. The van der Waals surface area contributed by atoms with Crippen molar-refractivity contribution < 1.29 is 9.32 Å². The molecule has 0 atom stereocenters. The van der Waals surface area contributed by atoms with Gasteiger partial charge >= 0.3 is 0 Å². The zero-order valence-electron chi connectivity index (χ0n) is 13.2. The molecule has 1 heterocycles. The number of aromatic nitrogens is 1. The summed E-state index contributed by atoms with van der Waals surface area (Å²) in [5, 5.41) is 6.77. The van der Waals surface area contributed by atoms with E-state index in [0.717, 1.165) is 28.1 Å². The van der Waals surface area contributed by atoms with Crippen LogP contribution >= 0.6 is 0 Å². The average molecular weight is 306 g/mol. The molecule has 1 aromatic heterocycles. The number of carbonyl (C=O) groups excluding carboxylic acids is 1. The minimum Gasteiger partial charge on any atom is -0.361 e. The van der Waals surface area contributed by atoms with Crippen LogP contribution in [-0.2, 0) is 11.2 Å². The van der Waals surface area contributed by atoms with E-state index < -0.39 is 0 Å². The fraction of sp³-hybridized carbons (Fsp3) is 0.158. The van der Waals surface area contributed by atoms with Crippen molar-refractivity contribution in [1.29, 1.82) is 0 Å². The Hall–Kier alpha value is -2.88. The van der Waals surface area contributed by atoms with Crippen LogP contribution in [0.4, 0.5) is 5.69 Å². The van der Waals surface area contributed by atoms with E-state index in [1.807, 2.05) is 56.3 Å². The summed E-state index contributed by atoms with van der Waals surface area (Å²) in [6, 6.07) is 18.0. The number of nitrogens with zero attached hydrogens (tertiary/aromatic N) is 1.